The number of fused-ring (bicyclic) bond motifs is 1. The van der Waals surface area contributed by atoms with Crippen LogP contribution in [0.1, 0.15) is 51.4 Å². The van der Waals surface area contributed by atoms with Crippen molar-refractivity contribution in [3.05, 3.63) is 47.7 Å². The number of benzene rings is 1. The van der Waals surface area contributed by atoms with Gasteiger partial charge < -0.3 is 30.9 Å². The molecule has 264 valence electrons. The number of piperazine rings is 2. The number of ether oxygens (including phenoxy) is 1. The minimum Gasteiger partial charge on any atom is -0.492 e. The average Bonchev–Trinajstić information content (AvgIpc) is 3.09. The van der Waals surface area contributed by atoms with E-state index >= 15 is 0 Å². The Morgan fingerprint density at radius 1 is 0.959 bits per heavy atom. The zero-order chi connectivity index (χ0) is 35.3. The van der Waals surface area contributed by atoms with Gasteiger partial charge in [0.05, 0.1) is 33.4 Å². The van der Waals surface area contributed by atoms with Crippen LogP contribution in [0.15, 0.2) is 52.0 Å². The van der Waals surface area contributed by atoms with E-state index in [0.717, 1.165) is 65.3 Å². The normalized spacial score (nSPS) is 18.0. The van der Waals surface area contributed by atoms with E-state index in [-0.39, 0.29) is 11.7 Å². The lowest BCUT2D eigenvalue weighted by Gasteiger charge is -2.35. The molecule has 2 fully saturated rings. The minimum atomic E-state index is -1.38. The summed E-state index contributed by atoms with van der Waals surface area (Å²) in [6.45, 7) is 17.2. The Balaban J connectivity index is 1.18. The number of amides is 1. The number of amidine groups is 1. The molecule has 0 bridgehead atoms. The lowest BCUT2D eigenvalue weighted by atomic mass is 10.2. The van der Waals surface area contributed by atoms with Gasteiger partial charge in [-0.25, -0.2) is 24.9 Å². The number of anilines is 1. The van der Waals surface area contributed by atoms with Crippen LogP contribution < -0.4 is 21.1 Å². The molecule has 1 amide bonds. The monoisotopic (exact) mass is 691 g/mol. The highest BCUT2D eigenvalue weighted by Crippen LogP contribution is 2.35. The Morgan fingerprint density at radius 2 is 1.63 bits per heavy atom. The predicted molar refractivity (Wildman–Crippen MR) is 194 cm³/mol. The van der Waals surface area contributed by atoms with E-state index in [0.29, 0.717) is 56.8 Å². The predicted octanol–water partition coefficient (Wildman–Crippen LogP) is 2.55. The third-order valence-electron chi connectivity index (χ3n) is 8.84. The van der Waals surface area contributed by atoms with Gasteiger partial charge in [0.25, 0.3) is 5.91 Å². The lowest BCUT2D eigenvalue weighted by Crippen LogP contribution is -2.48. The van der Waals surface area contributed by atoms with Crippen molar-refractivity contribution in [1.82, 2.24) is 34.6 Å². The van der Waals surface area contributed by atoms with Gasteiger partial charge in [0.15, 0.2) is 5.82 Å². The number of likely N-dealkylation sites (N-methyl/N-ethyl adjacent to an activating group) is 1. The van der Waals surface area contributed by atoms with Crippen LogP contribution in [0.4, 0.5) is 11.8 Å². The standard InChI is InChI=1S/C34H49N11O3S/c1-23(24(2)35)30(36)41-31-26-18-29(49(47)34(3,4)5)28(19-27(26)39-22-40-31)48-17-7-8-43-11-15-45(16-12-43)33-37-20-25(21-38-33)32(46)44-13-9-42(6)10-14-44/h18-22H,7-17,35H2,1-6H3,(H2,36,39,40,41). The first-order valence-corrected chi connectivity index (χ1v) is 17.8. The Kier molecular flexibility index (Phi) is 11.5. The number of hydrogen-bond donors (Lipinski definition) is 2. The molecule has 49 heavy (non-hydrogen) atoms. The number of nitrogens with zero attached hydrogens (tertiary/aromatic N) is 9. The maximum absolute atomic E-state index is 13.7. The Bertz CT molecular complexity index is 1720. The molecule has 0 aliphatic carbocycles. The van der Waals surface area contributed by atoms with Crippen molar-refractivity contribution in [2.75, 3.05) is 77.5 Å². The number of hydrogen-bond acceptors (Lipinski definition) is 12. The Labute approximate surface area is 291 Å². The van der Waals surface area contributed by atoms with E-state index in [4.69, 9.17) is 16.2 Å². The highest BCUT2D eigenvalue weighted by Gasteiger charge is 2.27. The summed E-state index contributed by atoms with van der Waals surface area (Å²) in [4.78, 5) is 44.4. The summed E-state index contributed by atoms with van der Waals surface area (Å²) < 4.78 is 19.4. The zero-order valence-electron chi connectivity index (χ0n) is 29.5. The van der Waals surface area contributed by atoms with Gasteiger partial charge in [0.2, 0.25) is 5.95 Å². The third kappa shape index (κ3) is 8.88. The fraction of sp³-hybridized carbons (Fsp3) is 0.529. The van der Waals surface area contributed by atoms with Crippen molar-refractivity contribution >= 4 is 45.2 Å². The van der Waals surface area contributed by atoms with E-state index in [1.807, 2.05) is 37.8 Å². The minimum absolute atomic E-state index is 0.00867. The molecule has 15 heteroatoms. The molecule has 3 aromatic rings. The van der Waals surface area contributed by atoms with Gasteiger partial charge in [-0.3, -0.25) is 13.9 Å². The first kappa shape index (κ1) is 36.1. The van der Waals surface area contributed by atoms with E-state index in [1.165, 1.54) is 6.33 Å². The summed E-state index contributed by atoms with van der Waals surface area (Å²) in [6, 6.07) is 3.62. The molecule has 0 spiro atoms. The van der Waals surface area contributed by atoms with Crippen LogP contribution in [0.5, 0.6) is 5.75 Å². The van der Waals surface area contributed by atoms with Crippen LogP contribution in [0, 0.1) is 0 Å². The van der Waals surface area contributed by atoms with Gasteiger partial charge >= 0.3 is 0 Å². The van der Waals surface area contributed by atoms with Crippen LogP contribution in [-0.2, 0) is 10.8 Å². The van der Waals surface area contributed by atoms with Gasteiger partial charge in [0, 0.05) is 98.8 Å². The fourth-order valence-electron chi connectivity index (χ4n) is 5.56. The molecule has 2 saturated heterocycles. The maximum atomic E-state index is 13.7. The molecule has 1 aromatic carbocycles. The molecule has 0 radical (unpaired) electrons. The second-order valence-corrected chi connectivity index (χ2v) is 15.8. The zero-order valence-corrected chi connectivity index (χ0v) is 30.3. The molecule has 2 aromatic heterocycles. The van der Waals surface area contributed by atoms with Crippen LogP contribution in [0.25, 0.3) is 10.9 Å². The molecule has 2 aliphatic heterocycles. The molecule has 1 atom stereocenters. The molecular weight excluding hydrogens is 643 g/mol. The number of allylic oxidation sites excluding steroid dienone is 1. The molecular formula is C34H49N11O3S. The summed E-state index contributed by atoms with van der Waals surface area (Å²) in [7, 11) is 0.683. The summed E-state index contributed by atoms with van der Waals surface area (Å²) in [5.74, 6) is 1.81. The van der Waals surface area contributed by atoms with Crippen LogP contribution in [0.3, 0.4) is 0 Å². The average molecular weight is 692 g/mol. The molecule has 4 N–H and O–H groups in total. The summed E-state index contributed by atoms with van der Waals surface area (Å²) >= 11 is 0. The number of aromatic nitrogens is 4. The number of carbonyl (C=O) groups is 1. The molecule has 1 unspecified atom stereocenters. The van der Waals surface area contributed by atoms with E-state index in [2.05, 4.69) is 46.7 Å². The first-order valence-electron chi connectivity index (χ1n) is 16.7. The van der Waals surface area contributed by atoms with Crippen molar-refractivity contribution in [2.45, 2.75) is 50.7 Å². The molecule has 14 nitrogen and oxygen atoms in total. The first-order chi connectivity index (χ1) is 23.3. The van der Waals surface area contributed by atoms with Gasteiger partial charge in [-0.2, -0.15) is 0 Å². The van der Waals surface area contributed by atoms with Crippen molar-refractivity contribution in [3.63, 3.8) is 0 Å². The summed E-state index contributed by atoms with van der Waals surface area (Å²) in [5.41, 5.74) is 14.5. The summed E-state index contributed by atoms with van der Waals surface area (Å²) in [6.07, 6.45) is 5.52. The SMILES string of the molecule is CC(N)=C(C)C(N)=Nc1ncnc2cc(OCCCN3CCN(c4ncc(C(=O)N5CCN(C)CC5)cn4)CC3)c(S(=O)C(C)(C)C)cc12. The third-order valence-corrected chi connectivity index (χ3v) is 10.7. The van der Waals surface area contributed by atoms with E-state index < -0.39 is 15.5 Å². The second kappa shape index (κ2) is 15.6. The smallest absolute Gasteiger partial charge is 0.257 e. The Hall–Kier alpha value is -4.21. The van der Waals surface area contributed by atoms with Gasteiger partial charge in [0.1, 0.15) is 17.9 Å². The number of rotatable bonds is 10. The van der Waals surface area contributed by atoms with Gasteiger partial charge in [-0.1, -0.05) is 0 Å². The highest BCUT2D eigenvalue weighted by atomic mass is 32.2. The van der Waals surface area contributed by atoms with E-state index in [1.54, 1.807) is 26.2 Å². The second-order valence-electron chi connectivity index (χ2n) is 13.6. The van der Waals surface area contributed by atoms with Gasteiger partial charge in [-0.15, -0.1) is 0 Å². The van der Waals surface area contributed by atoms with Crippen molar-refractivity contribution in [2.24, 2.45) is 16.5 Å². The molecule has 0 saturated carbocycles. The topological polar surface area (TPSA) is 172 Å². The van der Waals surface area contributed by atoms with Crippen LogP contribution >= 0.6 is 0 Å². The quantitative estimate of drug-likeness (QED) is 0.181. The molecule has 2 aliphatic rings. The van der Waals surface area contributed by atoms with Crippen molar-refractivity contribution in [1.29, 1.82) is 0 Å². The van der Waals surface area contributed by atoms with Crippen LogP contribution in [0.2, 0.25) is 0 Å². The van der Waals surface area contributed by atoms with Gasteiger partial charge in [-0.05, 0) is 54.2 Å². The van der Waals surface area contributed by atoms with Crippen molar-refractivity contribution < 1.29 is 13.7 Å². The Morgan fingerprint density at radius 3 is 2.27 bits per heavy atom. The molecule has 5 rings (SSSR count). The fourth-order valence-corrected chi connectivity index (χ4v) is 6.74. The van der Waals surface area contributed by atoms with E-state index in [9.17, 15) is 9.00 Å². The highest BCUT2D eigenvalue weighted by molar-refractivity contribution is 7.86. The molecule has 4 heterocycles. The lowest BCUT2D eigenvalue weighted by molar-refractivity contribution is 0.0663. The van der Waals surface area contributed by atoms with Crippen molar-refractivity contribution in [3.8, 4) is 5.75 Å². The number of carbonyl (C=O) groups excluding carboxylic acids is 1. The summed E-state index contributed by atoms with van der Waals surface area (Å²) in [5, 5.41) is 0.631. The van der Waals surface area contributed by atoms with Crippen LogP contribution in [-0.4, -0.2) is 128 Å². The number of nitrogens with two attached hydrogens (primary N) is 2. The maximum Gasteiger partial charge on any atom is 0.257 e. The largest absolute Gasteiger partial charge is 0.492 e. The number of aliphatic imine (C=N–C) groups is 1.